The molecular weight excluding hydrogens is 463 g/mol. The molecule has 1 saturated heterocycles. The van der Waals surface area contributed by atoms with Gasteiger partial charge in [0.2, 0.25) is 5.91 Å². The zero-order valence-corrected chi connectivity index (χ0v) is 19.1. The van der Waals surface area contributed by atoms with Crippen molar-refractivity contribution >= 4 is 40.3 Å². The number of halogens is 2. The lowest BCUT2D eigenvalue weighted by molar-refractivity contribution is -0.140. The molecule has 34 heavy (non-hydrogen) atoms. The van der Waals surface area contributed by atoms with Crippen LogP contribution in [0.15, 0.2) is 42.9 Å². The molecule has 1 N–H and O–H groups in total. The summed E-state index contributed by atoms with van der Waals surface area (Å²) in [4.78, 5) is 43.3. The minimum Gasteiger partial charge on any atom is -0.425 e. The molecule has 176 valence electrons. The van der Waals surface area contributed by atoms with Crippen molar-refractivity contribution in [2.45, 2.75) is 32.7 Å². The van der Waals surface area contributed by atoms with E-state index in [-0.39, 0.29) is 41.3 Å². The average molecular weight is 485 g/mol. The lowest BCUT2D eigenvalue weighted by atomic mass is 10.1. The Hall–Kier alpha value is -3.46. The molecule has 1 saturated carbocycles. The molecular formula is C24H22ClFN4O4. The number of nitrogens with zero attached hydrogens (tertiary/aromatic N) is 3. The van der Waals surface area contributed by atoms with Gasteiger partial charge in [-0.15, -0.1) is 0 Å². The van der Waals surface area contributed by atoms with Crippen LogP contribution in [-0.2, 0) is 22.6 Å². The molecule has 2 amide bonds. The zero-order valence-electron chi connectivity index (χ0n) is 18.3. The van der Waals surface area contributed by atoms with E-state index in [1.54, 1.807) is 40.2 Å². The highest BCUT2D eigenvalue weighted by Crippen LogP contribution is 2.50. The van der Waals surface area contributed by atoms with Crippen LogP contribution in [0.2, 0.25) is 5.02 Å². The summed E-state index contributed by atoms with van der Waals surface area (Å²) >= 11 is 5.78. The fourth-order valence-electron chi connectivity index (χ4n) is 4.60. The molecule has 2 aliphatic rings. The zero-order chi connectivity index (χ0) is 24.0. The van der Waals surface area contributed by atoms with Gasteiger partial charge in [0, 0.05) is 47.9 Å². The van der Waals surface area contributed by atoms with E-state index in [1.807, 2.05) is 0 Å². The molecule has 3 heterocycles. The van der Waals surface area contributed by atoms with Crippen molar-refractivity contribution in [2.24, 2.45) is 11.8 Å². The van der Waals surface area contributed by atoms with Gasteiger partial charge in [0.05, 0.1) is 16.7 Å². The molecule has 0 unspecified atom stereocenters. The lowest BCUT2D eigenvalue weighted by Gasteiger charge is -2.27. The molecule has 1 aliphatic heterocycles. The minimum atomic E-state index is -0.732. The number of aromatic nitrogens is 2. The summed E-state index contributed by atoms with van der Waals surface area (Å²) in [6.07, 6.45) is 4.35. The number of fused-ring (bicyclic) bond motifs is 2. The second-order valence-electron chi connectivity index (χ2n) is 8.69. The van der Waals surface area contributed by atoms with Gasteiger partial charge in [0.25, 0.3) is 0 Å². The summed E-state index contributed by atoms with van der Waals surface area (Å²) in [5.41, 5.74) is 1.45. The number of ketones is 1. The number of rotatable bonds is 6. The molecule has 5 rings (SSSR count). The summed E-state index contributed by atoms with van der Waals surface area (Å²) in [5.74, 6) is -0.528. The minimum absolute atomic E-state index is 0.00980. The smallest absolute Gasteiger partial charge is 0.409 e. The van der Waals surface area contributed by atoms with Crippen molar-refractivity contribution in [2.75, 3.05) is 6.54 Å². The third-order valence-electron chi connectivity index (χ3n) is 6.45. The molecule has 2 fully saturated rings. The number of pyridine rings is 1. The first-order chi connectivity index (χ1) is 16.3. The fourth-order valence-corrected chi connectivity index (χ4v) is 4.80. The first-order valence-corrected chi connectivity index (χ1v) is 11.3. The Morgan fingerprint density at radius 1 is 1.29 bits per heavy atom. The van der Waals surface area contributed by atoms with Crippen LogP contribution in [0.4, 0.5) is 9.18 Å². The fraction of sp³-hybridized carbons (Fsp3) is 0.333. The number of nitrogens with one attached hydrogen (secondary N) is 1. The van der Waals surface area contributed by atoms with E-state index >= 15 is 0 Å². The SMILES string of the molecule is CC(=O)c1cn(CC(=O)N2C[C@@H]3C[C@@H]3[C@@H]2OC(=O)NCc2cccc(Cl)c2F)c2cnccc12. The summed E-state index contributed by atoms with van der Waals surface area (Å²) < 4.78 is 21.3. The Balaban J connectivity index is 1.27. The highest BCUT2D eigenvalue weighted by molar-refractivity contribution is 6.30. The van der Waals surface area contributed by atoms with Crippen molar-refractivity contribution < 1.29 is 23.5 Å². The standard InChI is InChI=1S/C24H22ClFN4O4/c1-13(31)18-11-29(20-9-27-6-5-16(18)20)12-21(32)30-10-15-7-17(15)23(30)34-24(33)28-8-14-3-2-4-19(25)22(14)26/h2-6,9,11,15,17,23H,7-8,10,12H2,1H3,(H,28,33)/t15-,17-,23-/m0/s1. The van der Waals surface area contributed by atoms with Crippen molar-refractivity contribution in [3.05, 3.63) is 64.8 Å². The third-order valence-corrected chi connectivity index (χ3v) is 6.75. The van der Waals surface area contributed by atoms with Gasteiger partial charge in [-0.2, -0.15) is 0 Å². The Labute approximate surface area is 199 Å². The largest absolute Gasteiger partial charge is 0.425 e. The van der Waals surface area contributed by atoms with Gasteiger partial charge >= 0.3 is 6.09 Å². The monoisotopic (exact) mass is 484 g/mol. The number of likely N-dealkylation sites (tertiary alicyclic amines) is 1. The maximum absolute atomic E-state index is 14.1. The molecule has 10 heteroatoms. The first-order valence-electron chi connectivity index (χ1n) is 10.9. The maximum Gasteiger partial charge on any atom is 0.409 e. The van der Waals surface area contributed by atoms with Crippen LogP contribution in [0.5, 0.6) is 0 Å². The average Bonchev–Trinajstić information content (AvgIpc) is 3.37. The van der Waals surface area contributed by atoms with E-state index in [2.05, 4.69) is 10.3 Å². The van der Waals surface area contributed by atoms with Crippen LogP contribution in [0, 0.1) is 17.7 Å². The molecule has 1 aliphatic carbocycles. The van der Waals surface area contributed by atoms with Gasteiger partial charge in [-0.3, -0.25) is 14.6 Å². The van der Waals surface area contributed by atoms with Crippen LogP contribution in [-0.4, -0.2) is 45.0 Å². The third kappa shape index (κ3) is 4.11. The quantitative estimate of drug-likeness (QED) is 0.538. The van der Waals surface area contributed by atoms with Crippen molar-refractivity contribution in [1.29, 1.82) is 0 Å². The Morgan fingerprint density at radius 3 is 2.91 bits per heavy atom. The summed E-state index contributed by atoms with van der Waals surface area (Å²) in [6.45, 7) is 1.88. The second-order valence-corrected chi connectivity index (χ2v) is 9.09. The van der Waals surface area contributed by atoms with E-state index < -0.39 is 18.1 Å². The topological polar surface area (TPSA) is 93.5 Å². The summed E-state index contributed by atoms with van der Waals surface area (Å²) in [7, 11) is 0. The number of carbonyl (C=O) groups is 3. The molecule has 0 spiro atoms. The normalized spacial score (nSPS) is 20.8. The number of alkyl carbamates (subject to hydrolysis) is 1. The number of amides is 2. The molecule has 8 nitrogen and oxygen atoms in total. The van der Waals surface area contributed by atoms with E-state index in [1.165, 1.54) is 19.1 Å². The van der Waals surface area contributed by atoms with Crippen molar-refractivity contribution in [3.8, 4) is 0 Å². The van der Waals surface area contributed by atoms with Crippen LogP contribution >= 0.6 is 11.6 Å². The van der Waals surface area contributed by atoms with E-state index in [0.29, 0.717) is 23.5 Å². The second kappa shape index (κ2) is 8.72. The number of piperidine rings is 1. The van der Waals surface area contributed by atoms with Gasteiger partial charge in [-0.1, -0.05) is 23.7 Å². The number of hydrogen-bond donors (Lipinski definition) is 1. The Kier molecular flexibility index (Phi) is 5.73. The summed E-state index contributed by atoms with van der Waals surface area (Å²) in [6, 6.07) is 6.29. The molecule has 1 aromatic carbocycles. The number of benzene rings is 1. The van der Waals surface area contributed by atoms with E-state index in [9.17, 15) is 18.8 Å². The van der Waals surface area contributed by atoms with Crippen LogP contribution in [0.3, 0.4) is 0 Å². The number of hydrogen-bond acceptors (Lipinski definition) is 5. The van der Waals surface area contributed by atoms with Gasteiger partial charge in [0.1, 0.15) is 12.4 Å². The lowest BCUT2D eigenvalue weighted by Crippen LogP contribution is -2.44. The molecule has 3 atom stereocenters. The highest BCUT2D eigenvalue weighted by Gasteiger charge is 2.56. The number of carbonyl (C=O) groups excluding carboxylic acids is 3. The van der Waals surface area contributed by atoms with Crippen LogP contribution < -0.4 is 5.32 Å². The number of ether oxygens (including phenoxy) is 1. The van der Waals surface area contributed by atoms with Gasteiger partial charge in [-0.05, 0) is 31.4 Å². The highest BCUT2D eigenvalue weighted by atomic mass is 35.5. The van der Waals surface area contributed by atoms with Crippen LogP contribution in [0.1, 0.15) is 29.3 Å². The van der Waals surface area contributed by atoms with Crippen molar-refractivity contribution in [1.82, 2.24) is 19.8 Å². The van der Waals surface area contributed by atoms with Crippen LogP contribution in [0.25, 0.3) is 10.9 Å². The Morgan fingerprint density at radius 2 is 2.12 bits per heavy atom. The van der Waals surface area contributed by atoms with Crippen molar-refractivity contribution in [3.63, 3.8) is 0 Å². The van der Waals surface area contributed by atoms with E-state index in [0.717, 1.165) is 11.8 Å². The Bertz CT molecular complexity index is 1310. The maximum atomic E-state index is 14.1. The molecule has 3 aromatic rings. The number of Topliss-reactive ketones (excluding diaryl/α,β-unsaturated/α-hetero) is 1. The van der Waals surface area contributed by atoms with Gasteiger partial charge in [0.15, 0.2) is 12.0 Å². The summed E-state index contributed by atoms with van der Waals surface area (Å²) in [5, 5.41) is 3.24. The van der Waals surface area contributed by atoms with Gasteiger partial charge in [-0.25, -0.2) is 9.18 Å². The molecule has 0 radical (unpaired) electrons. The first kappa shape index (κ1) is 22.3. The predicted octanol–water partition coefficient (Wildman–Crippen LogP) is 3.76. The molecule has 0 bridgehead atoms. The van der Waals surface area contributed by atoms with E-state index in [4.69, 9.17) is 16.3 Å². The molecule has 2 aromatic heterocycles. The predicted molar refractivity (Wildman–Crippen MR) is 122 cm³/mol. The van der Waals surface area contributed by atoms with Gasteiger partial charge < -0.3 is 19.5 Å².